The standard InChI is InChI=1S/C31H33ClFN5O2/c1-6-27(40)36-15-20(5)37(16-19(36)4)30-22-14-23(32)29(28-24(33)11-9-13-26(28)39)35-31(22)38(17-34-30)25-12-8-7-10-21(25)18(2)3/h6-14,18-20,39H,1,15-17H2,2-5H3. The monoisotopic (exact) mass is 561 g/mol. The zero-order valence-electron chi connectivity index (χ0n) is 23.1. The molecule has 0 aliphatic carbocycles. The van der Waals surface area contributed by atoms with Crippen molar-refractivity contribution in [2.45, 2.75) is 45.7 Å². The van der Waals surface area contributed by atoms with Crippen LogP contribution in [0.3, 0.4) is 0 Å². The number of hydrogen-bond acceptors (Lipinski definition) is 6. The molecule has 0 spiro atoms. The van der Waals surface area contributed by atoms with Crippen LogP contribution < -0.4 is 4.90 Å². The Morgan fingerprint density at radius 2 is 1.90 bits per heavy atom. The van der Waals surface area contributed by atoms with Crippen molar-refractivity contribution in [2.24, 2.45) is 4.99 Å². The van der Waals surface area contributed by atoms with E-state index in [1.165, 1.54) is 24.3 Å². The lowest BCUT2D eigenvalue weighted by Crippen LogP contribution is -2.59. The van der Waals surface area contributed by atoms with Gasteiger partial charge in [0.15, 0.2) is 0 Å². The SMILES string of the molecule is C=CC(=O)N1CC(C)N(C2=NCN(c3ccccc3C(C)C)c3nc(-c4c(O)cccc4F)c(Cl)cc32)CC1C. The molecular formula is C31H33ClFN5O2. The van der Waals surface area contributed by atoms with Crippen LogP contribution in [0.5, 0.6) is 5.75 Å². The van der Waals surface area contributed by atoms with E-state index in [9.17, 15) is 14.3 Å². The third kappa shape index (κ3) is 4.81. The van der Waals surface area contributed by atoms with E-state index in [-0.39, 0.29) is 52.6 Å². The number of phenols is 1. The molecule has 9 heteroatoms. The van der Waals surface area contributed by atoms with Gasteiger partial charge in [-0.3, -0.25) is 4.79 Å². The molecule has 1 fully saturated rings. The summed E-state index contributed by atoms with van der Waals surface area (Å²) < 4.78 is 15.0. The summed E-state index contributed by atoms with van der Waals surface area (Å²) in [5.41, 5.74) is 2.89. The lowest BCUT2D eigenvalue weighted by Gasteiger charge is -2.46. The highest BCUT2D eigenvalue weighted by molar-refractivity contribution is 6.33. The second-order valence-corrected chi connectivity index (χ2v) is 11.0. The molecule has 1 N–H and O–H groups in total. The number of aliphatic imine (C=N–C) groups is 1. The van der Waals surface area contributed by atoms with Crippen molar-refractivity contribution in [1.29, 1.82) is 0 Å². The largest absolute Gasteiger partial charge is 0.507 e. The molecule has 3 heterocycles. The van der Waals surface area contributed by atoms with Gasteiger partial charge >= 0.3 is 0 Å². The molecule has 208 valence electrons. The van der Waals surface area contributed by atoms with E-state index in [0.29, 0.717) is 24.5 Å². The summed E-state index contributed by atoms with van der Waals surface area (Å²) in [7, 11) is 0. The Bertz CT molecular complexity index is 1490. The maximum absolute atomic E-state index is 15.0. The predicted molar refractivity (Wildman–Crippen MR) is 158 cm³/mol. The summed E-state index contributed by atoms with van der Waals surface area (Å²) in [6.45, 7) is 13.3. The van der Waals surface area contributed by atoms with E-state index in [0.717, 1.165) is 17.1 Å². The fourth-order valence-corrected chi connectivity index (χ4v) is 5.81. The number of anilines is 2. The van der Waals surface area contributed by atoms with Crippen molar-refractivity contribution < 1.29 is 14.3 Å². The van der Waals surface area contributed by atoms with E-state index in [2.05, 4.69) is 38.3 Å². The number of amidine groups is 1. The van der Waals surface area contributed by atoms with Crippen LogP contribution in [0.15, 0.2) is 66.2 Å². The summed E-state index contributed by atoms with van der Waals surface area (Å²) in [6, 6.07) is 13.9. The summed E-state index contributed by atoms with van der Waals surface area (Å²) in [4.78, 5) is 28.4. The molecule has 0 bridgehead atoms. The van der Waals surface area contributed by atoms with Crippen molar-refractivity contribution in [3.63, 3.8) is 0 Å². The topological polar surface area (TPSA) is 72.3 Å². The van der Waals surface area contributed by atoms with Gasteiger partial charge in [0.2, 0.25) is 5.91 Å². The number of carbonyl (C=O) groups excluding carboxylic acids is 1. The zero-order valence-corrected chi connectivity index (χ0v) is 23.9. The average molecular weight is 562 g/mol. The van der Waals surface area contributed by atoms with Crippen LogP contribution in [0.4, 0.5) is 15.9 Å². The first-order chi connectivity index (χ1) is 19.1. The first-order valence-electron chi connectivity index (χ1n) is 13.4. The normalized spacial score (nSPS) is 19.0. The molecule has 2 unspecified atom stereocenters. The van der Waals surface area contributed by atoms with Gasteiger partial charge in [-0.05, 0) is 55.7 Å². The number of piperazine rings is 1. The van der Waals surface area contributed by atoms with E-state index in [1.54, 1.807) is 6.07 Å². The third-order valence-electron chi connectivity index (χ3n) is 7.61. The third-order valence-corrected chi connectivity index (χ3v) is 7.90. The van der Waals surface area contributed by atoms with E-state index < -0.39 is 5.82 Å². The number of amides is 1. The van der Waals surface area contributed by atoms with Gasteiger partial charge in [0, 0.05) is 30.9 Å². The van der Waals surface area contributed by atoms with Gasteiger partial charge in [0.1, 0.15) is 29.9 Å². The molecule has 5 rings (SSSR count). The van der Waals surface area contributed by atoms with Gasteiger partial charge in [-0.25, -0.2) is 14.4 Å². The Balaban J connectivity index is 1.67. The molecule has 0 saturated carbocycles. The molecule has 7 nitrogen and oxygen atoms in total. The van der Waals surface area contributed by atoms with Crippen LogP contribution in [-0.4, -0.2) is 63.5 Å². The number of fused-ring (bicyclic) bond motifs is 1. The number of hydrogen-bond donors (Lipinski definition) is 1. The molecule has 3 aromatic rings. The van der Waals surface area contributed by atoms with Gasteiger partial charge < -0.3 is 19.8 Å². The number of halogens is 2. The highest BCUT2D eigenvalue weighted by Gasteiger charge is 2.37. The molecule has 2 atom stereocenters. The lowest BCUT2D eigenvalue weighted by molar-refractivity contribution is -0.130. The Hall–Kier alpha value is -3.91. The van der Waals surface area contributed by atoms with Crippen LogP contribution in [0.25, 0.3) is 11.3 Å². The Morgan fingerprint density at radius 1 is 1.15 bits per heavy atom. The molecule has 1 aromatic heterocycles. The molecule has 2 aliphatic heterocycles. The summed E-state index contributed by atoms with van der Waals surface area (Å²) >= 11 is 6.77. The highest BCUT2D eigenvalue weighted by atomic mass is 35.5. The number of para-hydroxylation sites is 1. The number of aromatic nitrogens is 1. The Labute approximate surface area is 239 Å². The van der Waals surface area contributed by atoms with E-state index in [4.69, 9.17) is 21.6 Å². The molecule has 40 heavy (non-hydrogen) atoms. The molecule has 2 aliphatic rings. The lowest BCUT2D eigenvalue weighted by atomic mass is 9.99. The Kier molecular flexibility index (Phi) is 7.55. The number of rotatable bonds is 4. The van der Waals surface area contributed by atoms with Crippen LogP contribution in [0, 0.1) is 5.82 Å². The summed E-state index contributed by atoms with van der Waals surface area (Å²) in [5, 5.41) is 10.8. The number of phenolic OH excluding ortho intramolecular Hbond substituents is 1. The molecule has 1 amide bonds. The molecule has 0 radical (unpaired) electrons. The second kappa shape index (κ2) is 10.9. The minimum Gasteiger partial charge on any atom is -0.507 e. The predicted octanol–water partition coefficient (Wildman–Crippen LogP) is 6.33. The fourth-order valence-electron chi connectivity index (χ4n) is 5.57. The van der Waals surface area contributed by atoms with Gasteiger partial charge in [0.05, 0.1) is 21.8 Å². The highest BCUT2D eigenvalue weighted by Crippen LogP contribution is 2.42. The van der Waals surface area contributed by atoms with Crippen LogP contribution in [0.1, 0.15) is 44.7 Å². The van der Waals surface area contributed by atoms with Gasteiger partial charge in [-0.2, -0.15) is 0 Å². The van der Waals surface area contributed by atoms with E-state index >= 15 is 0 Å². The van der Waals surface area contributed by atoms with Crippen LogP contribution in [-0.2, 0) is 4.79 Å². The Morgan fingerprint density at radius 3 is 2.60 bits per heavy atom. The first-order valence-corrected chi connectivity index (χ1v) is 13.8. The van der Waals surface area contributed by atoms with Crippen molar-refractivity contribution >= 4 is 34.8 Å². The number of nitrogens with zero attached hydrogens (tertiary/aromatic N) is 5. The number of benzene rings is 2. The van der Waals surface area contributed by atoms with Gasteiger partial charge in [0.25, 0.3) is 0 Å². The maximum atomic E-state index is 15.0. The van der Waals surface area contributed by atoms with Crippen LogP contribution >= 0.6 is 11.6 Å². The van der Waals surface area contributed by atoms with Crippen molar-refractivity contribution in [1.82, 2.24) is 14.8 Å². The van der Waals surface area contributed by atoms with Crippen molar-refractivity contribution in [3.05, 3.63) is 83.2 Å². The fraction of sp³-hybridized carbons (Fsp3) is 0.323. The minimum atomic E-state index is -0.612. The summed E-state index contributed by atoms with van der Waals surface area (Å²) in [5.74, 6) is 0.586. The number of aromatic hydroxyl groups is 1. The molecule has 1 saturated heterocycles. The van der Waals surface area contributed by atoms with Crippen LogP contribution in [0.2, 0.25) is 5.02 Å². The van der Waals surface area contributed by atoms with Crippen molar-refractivity contribution in [3.8, 4) is 17.0 Å². The maximum Gasteiger partial charge on any atom is 0.246 e. The first kappa shape index (κ1) is 27.6. The van der Waals surface area contributed by atoms with E-state index in [1.807, 2.05) is 34.9 Å². The zero-order chi connectivity index (χ0) is 28.7. The number of pyridine rings is 1. The molecular weight excluding hydrogens is 529 g/mol. The molecule has 2 aromatic carbocycles. The smallest absolute Gasteiger partial charge is 0.246 e. The number of carbonyl (C=O) groups is 1. The average Bonchev–Trinajstić information content (AvgIpc) is 2.93. The van der Waals surface area contributed by atoms with Crippen molar-refractivity contribution in [2.75, 3.05) is 24.7 Å². The minimum absolute atomic E-state index is 0.0322. The quantitative estimate of drug-likeness (QED) is 0.377. The van der Waals surface area contributed by atoms with Gasteiger partial charge in [-0.15, -0.1) is 0 Å². The summed E-state index contributed by atoms with van der Waals surface area (Å²) in [6.07, 6.45) is 1.35. The second-order valence-electron chi connectivity index (χ2n) is 10.6. The van der Waals surface area contributed by atoms with Gasteiger partial charge in [-0.1, -0.05) is 56.3 Å².